The zero-order chi connectivity index (χ0) is 20.7. The monoisotopic (exact) mass is 420 g/mol. The van der Waals surface area contributed by atoms with Crippen LogP contribution < -0.4 is 14.8 Å². The highest BCUT2D eigenvalue weighted by Crippen LogP contribution is 2.39. The number of anilines is 1. The van der Waals surface area contributed by atoms with E-state index in [2.05, 4.69) is 20.3 Å². The van der Waals surface area contributed by atoms with E-state index in [-0.39, 0.29) is 28.5 Å². The van der Waals surface area contributed by atoms with Crippen molar-refractivity contribution in [1.82, 2.24) is 15.0 Å². The Kier molecular flexibility index (Phi) is 5.12. The molecule has 1 aliphatic rings. The predicted molar refractivity (Wildman–Crippen MR) is 107 cm³/mol. The SMILES string of the molecule is COc1cc(OC)c(F)c(-c2nc(N[C@@H](C)C3CC3)c3cc(Cl)ncc3n2)c1F. The molecule has 1 N–H and O–H groups in total. The first kappa shape index (κ1) is 19.6. The number of hydrogen-bond acceptors (Lipinski definition) is 6. The topological polar surface area (TPSA) is 69.2 Å². The van der Waals surface area contributed by atoms with E-state index in [1.165, 1.54) is 20.4 Å². The van der Waals surface area contributed by atoms with Crippen LogP contribution in [0.5, 0.6) is 11.5 Å². The molecule has 4 rings (SSSR count). The Balaban J connectivity index is 1.94. The molecule has 2 heterocycles. The number of halogens is 3. The standard InChI is InChI=1S/C20H19ClF2N4O2/c1-9(10-4-5-10)25-19-11-6-15(21)24-8-12(11)26-20(27-19)16-17(22)13(28-2)7-14(29-3)18(16)23/h6-10H,4-5H2,1-3H3,(H,25,26,27)/t9-/m0/s1. The Hall–Kier alpha value is -2.74. The first-order valence-electron chi connectivity index (χ1n) is 9.13. The molecule has 152 valence electrons. The van der Waals surface area contributed by atoms with Crippen molar-refractivity contribution >= 4 is 28.3 Å². The van der Waals surface area contributed by atoms with Gasteiger partial charge in [-0.1, -0.05) is 11.6 Å². The Morgan fingerprint density at radius 2 is 1.76 bits per heavy atom. The maximum Gasteiger partial charge on any atom is 0.179 e. The first-order chi connectivity index (χ1) is 13.9. The van der Waals surface area contributed by atoms with Crippen molar-refractivity contribution in [1.29, 1.82) is 0 Å². The highest BCUT2D eigenvalue weighted by molar-refractivity contribution is 6.30. The molecular weight excluding hydrogens is 402 g/mol. The van der Waals surface area contributed by atoms with E-state index in [0.29, 0.717) is 22.6 Å². The summed E-state index contributed by atoms with van der Waals surface area (Å²) in [6.07, 6.45) is 3.70. The zero-order valence-corrected chi connectivity index (χ0v) is 16.8. The summed E-state index contributed by atoms with van der Waals surface area (Å²) in [5.41, 5.74) is -0.0225. The number of rotatable bonds is 6. The molecule has 1 aliphatic carbocycles. The lowest BCUT2D eigenvalue weighted by Gasteiger charge is -2.17. The lowest BCUT2D eigenvalue weighted by atomic mass is 10.1. The Labute approximate surface area is 171 Å². The second-order valence-electron chi connectivity index (χ2n) is 6.97. The molecule has 0 radical (unpaired) electrons. The number of nitrogens with one attached hydrogen (secondary N) is 1. The molecule has 1 saturated carbocycles. The molecule has 2 aromatic heterocycles. The van der Waals surface area contributed by atoms with E-state index in [4.69, 9.17) is 21.1 Å². The highest BCUT2D eigenvalue weighted by atomic mass is 35.5. The second kappa shape index (κ2) is 7.59. The van der Waals surface area contributed by atoms with Gasteiger partial charge in [-0.05, 0) is 31.7 Å². The summed E-state index contributed by atoms with van der Waals surface area (Å²) in [6, 6.07) is 2.91. The number of ether oxygens (including phenoxy) is 2. The molecule has 0 saturated heterocycles. The lowest BCUT2D eigenvalue weighted by Crippen LogP contribution is -2.19. The van der Waals surface area contributed by atoms with Gasteiger partial charge in [-0.15, -0.1) is 0 Å². The quantitative estimate of drug-likeness (QED) is 0.575. The third-order valence-electron chi connectivity index (χ3n) is 5.04. The van der Waals surface area contributed by atoms with Crippen LogP contribution in [-0.2, 0) is 0 Å². The molecule has 1 fully saturated rings. The minimum atomic E-state index is -0.909. The number of pyridine rings is 1. The minimum absolute atomic E-state index is 0.140. The molecule has 9 heteroatoms. The third kappa shape index (κ3) is 3.64. The van der Waals surface area contributed by atoms with E-state index < -0.39 is 17.2 Å². The number of nitrogens with zero attached hydrogens (tertiary/aromatic N) is 3. The van der Waals surface area contributed by atoms with E-state index in [1.807, 2.05) is 6.92 Å². The molecule has 0 bridgehead atoms. The van der Waals surface area contributed by atoms with Crippen molar-refractivity contribution in [3.63, 3.8) is 0 Å². The summed E-state index contributed by atoms with van der Waals surface area (Å²) < 4.78 is 40.0. The molecule has 0 amide bonds. The summed E-state index contributed by atoms with van der Waals surface area (Å²) in [4.78, 5) is 12.8. The third-order valence-corrected chi connectivity index (χ3v) is 5.25. The minimum Gasteiger partial charge on any atom is -0.494 e. The van der Waals surface area contributed by atoms with Crippen LogP contribution in [0.15, 0.2) is 18.3 Å². The summed E-state index contributed by atoms with van der Waals surface area (Å²) in [7, 11) is 2.58. The Morgan fingerprint density at radius 3 is 2.34 bits per heavy atom. The molecule has 29 heavy (non-hydrogen) atoms. The Morgan fingerprint density at radius 1 is 1.10 bits per heavy atom. The van der Waals surface area contributed by atoms with Crippen LogP contribution in [-0.4, -0.2) is 35.2 Å². The predicted octanol–water partition coefficient (Wildman–Crippen LogP) is 4.85. The average Bonchev–Trinajstić information content (AvgIpc) is 3.54. The van der Waals surface area contributed by atoms with Crippen LogP contribution in [0, 0.1) is 17.6 Å². The van der Waals surface area contributed by atoms with Crippen LogP contribution in [0.2, 0.25) is 5.15 Å². The van der Waals surface area contributed by atoms with Crippen LogP contribution in [0.1, 0.15) is 19.8 Å². The number of benzene rings is 1. The van der Waals surface area contributed by atoms with Gasteiger partial charge in [0, 0.05) is 17.5 Å². The van der Waals surface area contributed by atoms with Crippen molar-refractivity contribution < 1.29 is 18.3 Å². The van der Waals surface area contributed by atoms with Crippen molar-refractivity contribution in [2.75, 3.05) is 19.5 Å². The molecule has 1 atom stereocenters. The van der Waals surface area contributed by atoms with Crippen molar-refractivity contribution in [3.05, 3.63) is 35.1 Å². The molecule has 1 aromatic carbocycles. The number of fused-ring (bicyclic) bond motifs is 1. The van der Waals surface area contributed by atoms with Gasteiger partial charge in [-0.2, -0.15) is 0 Å². The van der Waals surface area contributed by atoms with Crippen LogP contribution in [0.3, 0.4) is 0 Å². The molecule has 6 nitrogen and oxygen atoms in total. The van der Waals surface area contributed by atoms with E-state index in [0.717, 1.165) is 18.9 Å². The first-order valence-corrected chi connectivity index (χ1v) is 9.51. The number of hydrogen-bond donors (Lipinski definition) is 1. The smallest absolute Gasteiger partial charge is 0.179 e. The fourth-order valence-corrected chi connectivity index (χ4v) is 3.40. The van der Waals surface area contributed by atoms with Gasteiger partial charge in [-0.25, -0.2) is 23.7 Å². The van der Waals surface area contributed by atoms with E-state index in [1.54, 1.807) is 6.07 Å². The maximum atomic E-state index is 15.0. The van der Waals surface area contributed by atoms with Crippen LogP contribution >= 0.6 is 11.6 Å². The van der Waals surface area contributed by atoms with Gasteiger partial charge in [0.15, 0.2) is 29.0 Å². The van der Waals surface area contributed by atoms with Gasteiger partial charge in [0.1, 0.15) is 11.0 Å². The molecular formula is C20H19ClF2N4O2. The zero-order valence-electron chi connectivity index (χ0n) is 16.1. The molecule has 0 unspecified atom stereocenters. The normalized spacial score (nSPS) is 14.7. The number of aromatic nitrogens is 3. The molecule has 0 aliphatic heterocycles. The largest absolute Gasteiger partial charge is 0.494 e. The van der Waals surface area contributed by atoms with Gasteiger partial charge in [0.25, 0.3) is 0 Å². The Bertz CT molecular complexity index is 1060. The fraction of sp³-hybridized carbons (Fsp3) is 0.350. The lowest BCUT2D eigenvalue weighted by molar-refractivity contribution is 0.359. The fourth-order valence-electron chi connectivity index (χ4n) is 3.24. The number of methoxy groups -OCH3 is 2. The van der Waals surface area contributed by atoms with Gasteiger partial charge in [0.05, 0.1) is 31.5 Å². The van der Waals surface area contributed by atoms with Crippen LogP contribution in [0.4, 0.5) is 14.6 Å². The molecule has 0 spiro atoms. The van der Waals surface area contributed by atoms with E-state index in [9.17, 15) is 8.78 Å². The van der Waals surface area contributed by atoms with Crippen molar-refractivity contribution in [2.24, 2.45) is 5.92 Å². The van der Waals surface area contributed by atoms with Crippen molar-refractivity contribution in [3.8, 4) is 22.9 Å². The summed E-state index contributed by atoms with van der Waals surface area (Å²) in [5, 5.41) is 4.23. The molecule has 3 aromatic rings. The summed E-state index contributed by atoms with van der Waals surface area (Å²) in [6.45, 7) is 2.05. The second-order valence-corrected chi connectivity index (χ2v) is 7.36. The van der Waals surface area contributed by atoms with Gasteiger partial charge in [0.2, 0.25) is 0 Å². The van der Waals surface area contributed by atoms with Crippen molar-refractivity contribution in [2.45, 2.75) is 25.8 Å². The van der Waals surface area contributed by atoms with Gasteiger partial charge in [-0.3, -0.25) is 0 Å². The highest BCUT2D eigenvalue weighted by Gasteiger charge is 2.29. The van der Waals surface area contributed by atoms with Gasteiger partial charge < -0.3 is 14.8 Å². The van der Waals surface area contributed by atoms with E-state index >= 15 is 0 Å². The van der Waals surface area contributed by atoms with Gasteiger partial charge >= 0.3 is 0 Å². The summed E-state index contributed by atoms with van der Waals surface area (Å²) in [5.74, 6) is -1.32. The maximum absolute atomic E-state index is 15.0. The van der Waals surface area contributed by atoms with Crippen LogP contribution in [0.25, 0.3) is 22.3 Å². The average molecular weight is 421 g/mol. The summed E-state index contributed by atoms with van der Waals surface area (Å²) >= 11 is 6.04.